The van der Waals surface area contributed by atoms with Gasteiger partial charge in [-0.1, -0.05) is 32.0 Å². The molecule has 2 N–H and O–H groups in total. The van der Waals surface area contributed by atoms with Gasteiger partial charge in [0.05, 0.1) is 18.6 Å². The van der Waals surface area contributed by atoms with Crippen molar-refractivity contribution in [1.82, 2.24) is 0 Å². The smallest absolute Gasteiger partial charge is 0.309 e. The minimum Gasteiger partial charge on any atom is -0.494 e. The molecular weight excluding hydrogens is 430 g/mol. The highest BCUT2D eigenvalue weighted by atomic mass is 16.5. The van der Waals surface area contributed by atoms with Crippen molar-refractivity contribution in [2.24, 2.45) is 10.8 Å². The summed E-state index contributed by atoms with van der Waals surface area (Å²) in [6.07, 6.45) is 2.62. The first-order valence-electron chi connectivity index (χ1n) is 11.9. The average Bonchev–Trinajstić information content (AvgIpc) is 2.76. The van der Waals surface area contributed by atoms with Crippen LogP contribution in [0.1, 0.15) is 64.5 Å². The fraction of sp³-hybridized carbons (Fsp3) is 0.500. The number of carbonyl (C=O) groups is 2. The summed E-state index contributed by atoms with van der Waals surface area (Å²) in [5, 5.41) is 12.2. The Hall–Kier alpha value is -3.02. The summed E-state index contributed by atoms with van der Waals surface area (Å²) >= 11 is 0. The molecule has 2 aromatic carbocycles. The van der Waals surface area contributed by atoms with Gasteiger partial charge in [0.25, 0.3) is 0 Å². The Labute approximate surface area is 203 Å². The summed E-state index contributed by atoms with van der Waals surface area (Å²) in [6.45, 7) is 12.3. The van der Waals surface area contributed by atoms with Gasteiger partial charge in [0, 0.05) is 17.2 Å². The number of ether oxygens (including phenoxy) is 2. The number of rotatable bonds is 13. The van der Waals surface area contributed by atoms with Crippen molar-refractivity contribution in [1.29, 1.82) is 0 Å². The second-order valence-corrected chi connectivity index (χ2v) is 10.2. The lowest BCUT2D eigenvalue weighted by molar-refractivity contribution is -0.147. The molecule has 2 aromatic rings. The van der Waals surface area contributed by atoms with Gasteiger partial charge < -0.3 is 19.9 Å². The van der Waals surface area contributed by atoms with E-state index in [0.29, 0.717) is 43.9 Å². The van der Waals surface area contributed by atoms with Crippen LogP contribution in [0.2, 0.25) is 0 Å². The quantitative estimate of drug-likeness (QED) is 0.332. The van der Waals surface area contributed by atoms with E-state index in [1.807, 2.05) is 52.0 Å². The number of amides is 1. The van der Waals surface area contributed by atoms with Gasteiger partial charge in [0.2, 0.25) is 5.91 Å². The normalized spacial score (nSPS) is 11.7. The molecule has 0 aliphatic rings. The monoisotopic (exact) mass is 469 g/mol. The Morgan fingerprint density at radius 2 is 1.53 bits per heavy atom. The van der Waals surface area contributed by atoms with Crippen LogP contribution in [0.3, 0.4) is 0 Å². The molecule has 0 unspecified atom stereocenters. The van der Waals surface area contributed by atoms with E-state index in [0.717, 1.165) is 23.3 Å². The van der Waals surface area contributed by atoms with Crippen LogP contribution in [-0.4, -0.2) is 30.2 Å². The molecule has 0 spiro atoms. The van der Waals surface area contributed by atoms with E-state index < -0.39 is 16.8 Å². The van der Waals surface area contributed by atoms with E-state index in [4.69, 9.17) is 9.47 Å². The van der Waals surface area contributed by atoms with Crippen molar-refractivity contribution in [3.63, 3.8) is 0 Å². The number of hydrogen-bond acceptors (Lipinski definition) is 4. The van der Waals surface area contributed by atoms with Crippen LogP contribution in [-0.2, 0) is 9.59 Å². The molecule has 0 aliphatic heterocycles. The Kier molecular flexibility index (Phi) is 9.54. The molecule has 2 rings (SSSR count). The number of aryl methyl sites for hydroxylation is 2. The second-order valence-electron chi connectivity index (χ2n) is 10.2. The highest BCUT2D eigenvalue weighted by Gasteiger charge is 2.28. The highest BCUT2D eigenvalue weighted by molar-refractivity contribution is 5.94. The Morgan fingerprint density at radius 1 is 0.882 bits per heavy atom. The van der Waals surface area contributed by atoms with E-state index in [1.54, 1.807) is 19.9 Å². The maximum Gasteiger partial charge on any atom is 0.309 e. The fourth-order valence-electron chi connectivity index (χ4n) is 3.45. The van der Waals surface area contributed by atoms with Gasteiger partial charge in [-0.05, 0) is 82.7 Å². The van der Waals surface area contributed by atoms with Crippen molar-refractivity contribution < 1.29 is 24.2 Å². The lowest BCUT2D eigenvalue weighted by Crippen LogP contribution is -2.31. The molecule has 0 aromatic heterocycles. The molecule has 0 bridgehead atoms. The molecule has 6 nitrogen and oxygen atoms in total. The molecule has 0 atom stereocenters. The Balaban J connectivity index is 1.81. The molecule has 0 saturated heterocycles. The van der Waals surface area contributed by atoms with Gasteiger partial charge in [-0.15, -0.1) is 0 Å². The minimum absolute atomic E-state index is 0.0559. The van der Waals surface area contributed by atoms with Gasteiger partial charge in [0.1, 0.15) is 11.5 Å². The molecule has 6 heteroatoms. The number of aliphatic carboxylic acids is 1. The number of carboxylic acids is 1. The number of carboxylic acid groups (broad SMARTS) is 1. The van der Waals surface area contributed by atoms with E-state index in [-0.39, 0.29) is 5.91 Å². The summed E-state index contributed by atoms with van der Waals surface area (Å²) in [5.41, 5.74) is 1.62. The molecule has 0 fully saturated rings. The van der Waals surface area contributed by atoms with E-state index >= 15 is 0 Å². The highest BCUT2D eigenvalue weighted by Crippen LogP contribution is 2.27. The number of nitrogens with one attached hydrogen (secondary N) is 1. The molecule has 34 heavy (non-hydrogen) atoms. The van der Waals surface area contributed by atoms with Crippen molar-refractivity contribution in [3.05, 3.63) is 53.6 Å². The van der Waals surface area contributed by atoms with E-state index in [2.05, 4.69) is 17.4 Å². The van der Waals surface area contributed by atoms with Crippen LogP contribution in [0.5, 0.6) is 11.5 Å². The Bertz CT molecular complexity index is 981. The van der Waals surface area contributed by atoms with Crippen LogP contribution in [0.4, 0.5) is 5.69 Å². The molecule has 0 radical (unpaired) electrons. The summed E-state index contributed by atoms with van der Waals surface area (Å²) < 4.78 is 11.7. The maximum atomic E-state index is 12.9. The lowest BCUT2D eigenvalue weighted by atomic mass is 9.87. The van der Waals surface area contributed by atoms with Gasteiger partial charge in [-0.25, -0.2) is 0 Å². The topological polar surface area (TPSA) is 84.9 Å². The zero-order chi connectivity index (χ0) is 25.4. The molecule has 0 saturated carbocycles. The first-order valence-corrected chi connectivity index (χ1v) is 11.9. The summed E-state index contributed by atoms with van der Waals surface area (Å²) in [4.78, 5) is 24.1. The maximum absolute atomic E-state index is 12.9. The number of anilines is 1. The number of benzene rings is 2. The molecule has 186 valence electrons. The molecule has 1 amide bonds. The third-order valence-corrected chi connectivity index (χ3v) is 6.05. The lowest BCUT2D eigenvalue weighted by Gasteiger charge is -2.24. The van der Waals surface area contributed by atoms with Crippen molar-refractivity contribution in [2.45, 2.75) is 67.2 Å². The van der Waals surface area contributed by atoms with E-state index in [9.17, 15) is 14.7 Å². The fourth-order valence-corrected chi connectivity index (χ4v) is 3.45. The first kappa shape index (κ1) is 27.2. The summed E-state index contributed by atoms with van der Waals surface area (Å²) in [7, 11) is 0. The van der Waals surface area contributed by atoms with Gasteiger partial charge >= 0.3 is 5.97 Å². The van der Waals surface area contributed by atoms with Crippen molar-refractivity contribution in [2.75, 3.05) is 18.5 Å². The van der Waals surface area contributed by atoms with Gasteiger partial charge in [-0.3, -0.25) is 9.59 Å². The van der Waals surface area contributed by atoms with Crippen LogP contribution < -0.4 is 14.8 Å². The summed E-state index contributed by atoms with van der Waals surface area (Å²) in [5.74, 6) is 0.674. The molecule has 0 heterocycles. The zero-order valence-electron chi connectivity index (χ0n) is 21.4. The third-order valence-electron chi connectivity index (χ3n) is 6.05. The number of carbonyl (C=O) groups excluding carboxylic acids is 1. The van der Waals surface area contributed by atoms with Crippen LogP contribution in [0, 0.1) is 24.7 Å². The van der Waals surface area contributed by atoms with E-state index in [1.165, 1.54) is 0 Å². The average molecular weight is 470 g/mol. The molecular formula is C28H39NO5. The first-order chi connectivity index (χ1) is 15.9. The number of hydrogen-bond donors (Lipinski definition) is 2. The zero-order valence-corrected chi connectivity index (χ0v) is 21.4. The predicted molar refractivity (Wildman–Crippen MR) is 136 cm³/mol. The third kappa shape index (κ3) is 8.40. The van der Waals surface area contributed by atoms with Crippen LogP contribution >= 0.6 is 0 Å². The second kappa shape index (κ2) is 11.9. The predicted octanol–water partition coefficient (Wildman–Crippen LogP) is 6.40. The van der Waals surface area contributed by atoms with Crippen molar-refractivity contribution >= 4 is 17.6 Å². The largest absolute Gasteiger partial charge is 0.494 e. The van der Waals surface area contributed by atoms with Crippen molar-refractivity contribution in [3.8, 4) is 11.5 Å². The van der Waals surface area contributed by atoms with Crippen LogP contribution in [0.25, 0.3) is 0 Å². The SMILES string of the molecule is Cc1ccc(C)c(OCCCC(C)(C)C(=O)Nc2cccc(OCCCC(C)(C)C(=O)O)c2)c1. The Morgan fingerprint density at radius 3 is 2.21 bits per heavy atom. The van der Waals surface area contributed by atoms with Crippen LogP contribution in [0.15, 0.2) is 42.5 Å². The minimum atomic E-state index is -0.809. The van der Waals surface area contributed by atoms with Gasteiger partial charge in [0.15, 0.2) is 0 Å². The van der Waals surface area contributed by atoms with Gasteiger partial charge in [-0.2, -0.15) is 0 Å². The summed E-state index contributed by atoms with van der Waals surface area (Å²) in [6, 6.07) is 13.4. The molecule has 0 aliphatic carbocycles. The standard InChI is InChI=1S/C28H39NO5/c1-20-12-13-21(2)24(18-20)34-17-8-14-27(3,4)25(30)29-22-10-7-11-23(19-22)33-16-9-15-28(5,6)26(31)32/h7,10-13,18-19H,8-9,14-17H2,1-6H3,(H,29,30)(H,31,32).